The first kappa shape index (κ1) is 33.0. The van der Waals surface area contributed by atoms with Gasteiger partial charge in [-0.1, -0.05) is 11.6 Å². The Labute approximate surface area is 241 Å². The molecule has 0 fully saturated rings. The van der Waals surface area contributed by atoms with Crippen molar-refractivity contribution in [3.8, 4) is 0 Å². The number of halogens is 13. The van der Waals surface area contributed by atoms with Crippen LogP contribution in [0.15, 0.2) is 53.1 Å². The van der Waals surface area contributed by atoms with E-state index >= 15 is 0 Å². The van der Waals surface area contributed by atoms with Crippen molar-refractivity contribution in [1.82, 2.24) is 4.98 Å². The van der Waals surface area contributed by atoms with Crippen LogP contribution in [0, 0.1) is 5.82 Å². The predicted molar refractivity (Wildman–Crippen MR) is 130 cm³/mol. The van der Waals surface area contributed by atoms with Gasteiger partial charge < -0.3 is 10.2 Å². The van der Waals surface area contributed by atoms with E-state index in [1.165, 1.54) is 18.3 Å². The summed E-state index contributed by atoms with van der Waals surface area (Å²) in [4.78, 5) is 30.0. The molecule has 18 heteroatoms. The summed E-state index contributed by atoms with van der Waals surface area (Å²) < 4.78 is 148. The van der Waals surface area contributed by atoms with Crippen molar-refractivity contribution in [3.05, 3.63) is 86.4 Å². The molecular weight excluding hydrogens is 687 g/mol. The number of alkyl halides is 10. The van der Waals surface area contributed by atoms with Crippen molar-refractivity contribution in [2.75, 3.05) is 17.3 Å². The van der Waals surface area contributed by atoms with Crippen LogP contribution in [-0.4, -0.2) is 36.2 Å². The molecule has 42 heavy (non-hydrogen) atoms. The Kier molecular flexibility index (Phi) is 8.90. The van der Waals surface area contributed by atoms with Crippen molar-refractivity contribution in [1.29, 1.82) is 0 Å². The molecule has 3 aromatic rings. The highest BCUT2D eigenvalue weighted by molar-refractivity contribution is 9.10. The molecule has 1 N–H and O–H groups in total. The molecule has 0 spiro atoms. The molecule has 0 aliphatic heterocycles. The monoisotopic (exact) mass is 697 g/mol. The van der Waals surface area contributed by atoms with Crippen LogP contribution in [0.5, 0.6) is 0 Å². The number of benzene rings is 2. The van der Waals surface area contributed by atoms with Gasteiger partial charge in [0.15, 0.2) is 0 Å². The minimum Gasteiger partial charge on any atom is -0.320 e. The van der Waals surface area contributed by atoms with E-state index in [-0.39, 0.29) is 16.8 Å². The molecule has 0 radical (unpaired) electrons. The van der Waals surface area contributed by atoms with Crippen LogP contribution in [0.1, 0.15) is 31.8 Å². The summed E-state index contributed by atoms with van der Waals surface area (Å²) in [6.07, 6.45) is -17.9. The zero-order valence-electron chi connectivity index (χ0n) is 20.2. The summed E-state index contributed by atoms with van der Waals surface area (Å²) in [6, 6.07) is 3.78. The Balaban J connectivity index is 2.07. The van der Waals surface area contributed by atoms with E-state index in [4.69, 9.17) is 11.6 Å². The van der Waals surface area contributed by atoms with E-state index < -0.39 is 80.4 Å². The fraction of sp³-hybridized carbons (Fsp3) is 0.208. The standard InChI is InChI=1S/C24H12BrClF11N3O2/c1-40(20(42)12-3-2-6-38-18(12)26)16-7-10(4-5-15(16)27)19(41)39-17-13(22(29,30)31)8-11(9-14(17)25)21(28,23(32,33)34)24(35,36)37/h2-9H,1H3,(H,39,41). The Morgan fingerprint density at radius 3 is 2.05 bits per heavy atom. The first-order chi connectivity index (χ1) is 19.1. The highest BCUT2D eigenvalue weighted by atomic mass is 79.9. The summed E-state index contributed by atoms with van der Waals surface area (Å²) >= 11 is 8.23. The highest BCUT2D eigenvalue weighted by Crippen LogP contribution is 2.55. The van der Waals surface area contributed by atoms with E-state index in [0.29, 0.717) is 11.0 Å². The topological polar surface area (TPSA) is 62.3 Å². The van der Waals surface area contributed by atoms with E-state index in [9.17, 15) is 57.9 Å². The number of hydrogen-bond donors (Lipinski definition) is 1. The van der Waals surface area contributed by atoms with Gasteiger partial charge in [-0.2, -0.15) is 39.5 Å². The maximum atomic E-state index is 14.6. The molecule has 0 bridgehead atoms. The SMILES string of the molecule is CN(C(=O)c1cccnc1Cl)c1cc(C(=O)Nc2c(Br)cc(C(F)(C(F)(F)F)C(F)(F)F)cc2C(F)(F)F)ccc1F. The van der Waals surface area contributed by atoms with Crippen LogP contribution in [-0.2, 0) is 11.8 Å². The molecular formula is C24H12BrClF11N3O2. The number of carbonyl (C=O) groups excluding carboxylic acids is 2. The Hall–Kier alpha value is -3.47. The van der Waals surface area contributed by atoms with Crippen molar-refractivity contribution < 1.29 is 57.9 Å². The molecule has 0 atom stereocenters. The van der Waals surface area contributed by atoms with Gasteiger partial charge in [0.2, 0.25) is 0 Å². The number of carbonyl (C=O) groups is 2. The number of hydrogen-bond acceptors (Lipinski definition) is 3. The van der Waals surface area contributed by atoms with Gasteiger partial charge >= 0.3 is 24.2 Å². The van der Waals surface area contributed by atoms with Crippen LogP contribution in [0.2, 0.25) is 5.15 Å². The van der Waals surface area contributed by atoms with Gasteiger partial charge in [-0.05, 0) is 58.4 Å². The first-order valence-corrected chi connectivity index (χ1v) is 12.0. The number of anilines is 2. The van der Waals surface area contributed by atoms with Gasteiger partial charge in [0.1, 0.15) is 11.0 Å². The summed E-state index contributed by atoms with van der Waals surface area (Å²) in [5.41, 5.74) is -13.7. The Morgan fingerprint density at radius 1 is 0.929 bits per heavy atom. The molecule has 1 heterocycles. The van der Waals surface area contributed by atoms with Crippen molar-refractivity contribution in [3.63, 3.8) is 0 Å². The second kappa shape index (κ2) is 11.3. The number of nitrogens with one attached hydrogen (secondary N) is 1. The molecule has 2 amide bonds. The Bertz CT molecular complexity index is 1530. The summed E-state index contributed by atoms with van der Waals surface area (Å²) in [5.74, 6) is -3.46. The minimum atomic E-state index is -6.72. The molecule has 0 unspecified atom stereocenters. The largest absolute Gasteiger partial charge is 0.435 e. The lowest BCUT2D eigenvalue weighted by molar-refractivity contribution is -0.348. The highest BCUT2D eigenvalue weighted by Gasteiger charge is 2.73. The van der Waals surface area contributed by atoms with Crippen LogP contribution in [0.3, 0.4) is 0 Å². The average molecular weight is 699 g/mol. The van der Waals surface area contributed by atoms with Gasteiger partial charge in [-0.15, -0.1) is 0 Å². The van der Waals surface area contributed by atoms with Crippen LogP contribution in [0.25, 0.3) is 0 Å². The van der Waals surface area contributed by atoms with E-state index in [2.05, 4.69) is 20.9 Å². The molecule has 5 nitrogen and oxygen atoms in total. The average Bonchev–Trinajstić information content (AvgIpc) is 2.86. The van der Waals surface area contributed by atoms with E-state index in [0.717, 1.165) is 19.2 Å². The van der Waals surface area contributed by atoms with Crippen LogP contribution in [0.4, 0.5) is 59.7 Å². The molecule has 2 aromatic carbocycles. The smallest absolute Gasteiger partial charge is 0.320 e. The zero-order chi connectivity index (χ0) is 32.0. The third-order valence-corrected chi connectivity index (χ3v) is 6.60. The lowest BCUT2D eigenvalue weighted by Gasteiger charge is -2.31. The van der Waals surface area contributed by atoms with Gasteiger partial charge in [-0.3, -0.25) is 9.59 Å². The number of amides is 2. The fourth-order valence-corrected chi connectivity index (χ4v) is 4.34. The molecule has 0 saturated carbocycles. The van der Waals surface area contributed by atoms with Gasteiger partial charge in [-0.25, -0.2) is 13.8 Å². The molecule has 3 rings (SSSR count). The number of nitrogens with zero attached hydrogens (tertiary/aromatic N) is 2. The summed E-state index contributed by atoms with van der Waals surface area (Å²) in [7, 11) is 1.06. The van der Waals surface area contributed by atoms with E-state index in [1.807, 2.05) is 0 Å². The molecule has 0 aliphatic rings. The predicted octanol–water partition coefficient (Wildman–Crippen LogP) is 8.47. The van der Waals surface area contributed by atoms with E-state index in [1.54, 1.807) is 5.32 Å². The second-order valence-electron chi connectivity index (χ2n) is 8.36. The third kappa shape index (κ3) is 6.16. The number of aromatic nitrogens is 1. The van der Waals surface area contributed by atoms with Crippen molar-refractivity contribution >= 4 is 50.7 Å². The molecule has 1 aromatic heterocycles. The summed E-state index contributed by atoms with van der Waals surface area (Å²) in [6.45, 7) is 0. The molecule has 226 valence electrons. The lowest BCUT2D eigenvalue weighted by Crippen LogP contribution is -2.50. The van der Waals surface area contributed by atoms with Crippen LogP contribution >= 0.6 is 27.5 Å². The van der Waals surface area contributed by atoms with Gasteiger partial charge in [0.05, 0.1) is 22.5 Å². The number of rotatable bonds is 5. The normalized spacial score (nSPS) is 12.7. The molecule has 0 aliphatic carbocycles. The van der Waals surface area contributed by atoms with Crippen molar-refractivity contribution in [2.45, 2.75) is 24.2 Å². The molecule has 0 saturated heterocycles. The quantitative estimate of drug-likeness (QED) is 0.215. The Morgan fingerprint density at radius 2 is 1.52 bits per heavy atom. The van der Waals surface area contributed by atoms with Gasteiger partial charge in [0, 0.05) is 28.8 Å². The van der Waals surface area contributed by atoms with Crippen molar-refractivity contribution in [2.24, 2.45) is 0 Å². The maximum Gasteiger partial charge on any atom is 0.435 e. The minimum absolute atomic E-state index is 0.184. The lowest BCUT2D eigenvalue weighted by atomic mass is 9.92. The fourth-order valence-electron chi connectivity index (χ4n) is 3.58. The number of pyridine rings is 1. The zero-order valence-corrected chi connectivity index (χ0v) is 22.6. The maximum absolute atomic E-state index is 14.6. The second-order valence-corrected chi connectivity index (χ2v) is 9.57. The first-order valence-electron chi connectivity index (χ1n) is 10.8. The van der Waals surface area contributed by atoms with Gasteiger partial charge in [0.25, 0.3) is 11.8 Å². The summed E-state index contributed by atoms with van der Waals surface area (Å²) in [5, 5.41) is 1.41. The third-order valence-electron chi connectivity index (χ3n) is 5.68. The van der Waals surface area contributed by atoms with Crippen LogP contribution < -0.4 is 10.2 Å².